The Labute approximate surface area is 107 Å². The Morgan fingerprint density at radius 2 is 2.18 bits per heavy atom. The molecule has 0 saturated heterocycles. The van der Waals surface area contributed by atoms with E-state index >= 15 is 0 Å². The third-order valence-electron chi connectivity index (χ3n) is 2.31. The molecule has 88 valence electrons. The van der Waals surface area contributed by atoms with Crippen LogP contribution in [0.15, 0.2) is 39.4 Å². The van der Waals surface area contributed by atoms with Gasteiger partial charge in [-0.3, -0.25) is 4.79 Å². The molecule has 0 bridgehead atoms. The summed E-state index contributed by atoms with van der Waals surface area (Å²) in [6, 6.07) is 6.95. The van der Waals surface area contributed by atoms with E-state index in [4.69, 9.17) is 10.2 Å². The van der Waals surface area contributed by atoms with Crippen LogP contribution in [-0.2, 0) is 0 Å². The van der Waals surface area contributed by atoms with Crippen molar-refractivity contribution in [1.29, 1.82) is 0 Å². The Hall–Kier alpha value is -1.75. The zero-order valence-corrected chi connectivity index (χ0v) is 10.7. The number of halogens is 1. The number of rotatable bonds is 2. The Bertz CT molecular complexity index is 563. The molecule has 0 saturated carbocycles. The average molecular weight is 295 g/mol. The Morgan fingerprint density at radius 3 is 2.82 bits per heavy atom. The van der Waals surface area contributed by atoms with Crippen LogP contribution in [0.3, 0.4) is 0 Å². The quantitative estimate of drug-likeness (QED) is 0.836. The van der Waals surface area contributed by atoms with E-state index in [-0.39, 0.29) is 5.91 Å². The lowest BCUT2D eigenvalue weighted by atomic mass is 10.2. The molecule has 1 amide bonds. The maximum absolute atomic E-state index is 11.9. The van der Waals surface area contributed by atoms with Crippen molar-refractivity contribution in [3.05, 3.63) is 46.3 Å². The number of carbonyl (C=O) groups excluding carboxylic acids is 1. The number of aryl methyl sites for hydroxylation is 1. The van der Waals surface area contributed by atoms with Crippen LogP contribution in [0.2, 0.25) is 0 Å². The lowest BCUT2D eigenvalue weighted by molar-refractivity contribution is 0.0996. The molecule has 0 radical (unpaired) electrons. The maximum Gasteiger partial charge on any atom is 0.291 e. The fourth-order valence-electron chi connectivity index (χ4n) is 1.42. The van der Waals surface area contributed by atoms with Gasteiger partial charge in [-0.05, 0) is 47.1 Å². The van der Waals surface area contributed by atoms with Gasteiger partial charge in [0.2, 0.25) is 0 Å². The molecular weight excluding hydrogens is 284 g/mol. The molecule has 0 unspecified atom stereocenters. The smallest absolute Gasteiger partial charge is 0.291 e. The predicted molar refractivity (Wildman–Crippen MR) is 70.0 cm³/mol. The van der Waals surface area contributed by atoms with Gasteiger partial charge >= 0.3 is 0 Å². The van der Waals surface area contributed by atoms with Crippen LogP contribution in [0.5, 0.6) is 0 Å². The van der Waals surface area contributed by atoms with Crippen LogP contribution in [0.4, 0.5) is 11.4 Å². The summed E-state index contributed by atoms with van der Waals surface area (Å²) in [7, 11) is 0. The zero-order chi connectivity index (χ0) is 12.4. The van der Waals surface area contributed by atoms with Crippen LogP contribution in [0, 0.1) is 6.92 Å². The molecule has 2 rings (SSSR count). The Balaban J connectivity index is 2.24. The number of hydrogen-bond donors (Lipinski definition) is 2. The molecule has 4 nitrogen and oxygen atoms in total. The van der Waals surface area contributed by atoms with E-state index in [1.807, 2.05) is 6.92 Å². The van der Waals surface area contributed by atoms with Gasteiger partial charge in [0.25, 0.3) is 5.91 Å². The Morgan fingerprint density at radius 1 is 1.41 bits per heavy atom. The third kappa shape index (κ3) is 2.50. The number of hydrogen-bond acceptors (Lipinski definition) is 3. The van der Waals surface area contributed by atoms with Gasteiger partial charge in [0.05, 0.1) is 12.0 Å². The van der Waals surface area contributed by atoms with Crippen molar-refractivity contribution in [1.82, 2.24) is 0 Å². The van der Waals surface area contributed by atoms with E-state index in [0.717, 1.165) is 10.0 Å². The molecule has 0 fully saturated rings. The summed E-state index contributed by atoms with van der Waals surface area (Å²) in [6.07, 6.45) is 1.48. The van der Waals surface area contributed by atoms with Crippen molar-refractivity contribution >= 4 is 33.2 Å². The first-order valence-electron chi connectivity index (χ1n) is 4.98. The van der Waals surface area contributed by atoms with Crippen LogP contribution in [0.25, 0.3) is 0 Å². The van der Waals surface area contributed by atoms with E-state index < -0.39 is 0 Å². The molecule has 17 heavy (non-hydrogen) atoms. The molecule has 0 aliphatic heterocycles. The second-order valence-corrected chi connectivity index (χ2v) is 4.48. The second-order valence-electron chi connectivity index (χ2n) is 3.63. The van der Waals surface area contributed by atoms with Crippen molar-refractivity contribution in [3.63, 3.8) is 0 Å². The minimum atomic E-state index is -0.293. The highest BCUT2D eigenvalue weighted by atomic mass is 79.9. The average Bonchev–Trinajstić information content (AvgIpc) is 2.70. The second kappa shape index (κ2) is 4.63. The topological polar surface area (TPSA) is 68.3 Å². The highest BCUT2D eigenvalue weighted by Gasteiger charge is 2.13. The van der Waals surface area contributed by atoms with Crippen molar-refractivity contribution in [3.8, 4) is 0 Å². The molecule has 0 aliphatic rings. The van der Waals surface area contributed by atoms with Crippen molar-refractivity contribution in [2.75, 3.05) is 11.1 Å². The van der Waals surface area contributed by atoms with Gasteiger partial charge < -0.3 is 15.5 Å². The number of amides is 1. The first-order valence-corrected chi connectivity index (χ1v) is 5.77. The highest BCUT2D eigenvalue weighted by Crippen LogP contribution is 2.25. The molecule has 1 heterocycles. The van der Waals surface area contributed by atoms with E-state index in [2.05, 4.69) is 21.2 Å². The molecular formula is C12H11BrN2O2. The number of nitrogens with one attached hydrogen (secondary N) is 1. The third-order valence-corrected chi connectivity index (χ3v) is 3.00. The summed E-state index contributed by atoms with van der Waals surface area (Å²) in [6.45, 7) is 1.81. The summed E-state index contributed by atoms with van der Waals surface area (Å²) in [5.74, 6) is 0.0122. The first kappa shape index (κ1) is 11.7. The fraction of sp³-hybridized carbons (Fsp3) is 0.0833. The molecule has 1 aromatic carbocycles. The molecule has 0 atom stereocenters. The minimum absolute atomic E-state index is 0.293. The number of carbonyl (C=O) groups is 1. The van der Waals surface area contributed by atoms with E-state index in [0.29, 0.717) is 17.1 Å². The monoisotopic (exact) mass is 294 g/mol. The molecule has 0 aliphatic carbocycles. The first-order chi connectivity index (χ1) is 8.08. The summed E-state index contributed by atoms with van der Waals surface area (Å²) in [5, 5.41) is 2.73. The van der Waals surface area contributed by atoms with Crippen LogP contribution >= 0.6 is 15.9 Å². The van der Waals surface area contributed by atoms with Gasteiger partial charge in [-0.1, -0.05) is 0 Å². The van der Waals surface area contributed by atoms with E-state index in [1.54, 1.807) is 24.3 Å². The molecule has 5 heteroatoms. The molecule has 1 aromatic heterocycles. The van der Waals surface area contributed by atoms with Gasteiger partial charge in [-0.2, -0.15) is 0 Å². The lowest BCUT2D eigenvalue weighted by Crippen LogP contribution is -2.12. The summed E-state index contributed by atoms with van der Waals surface area (Å²) in [4.78, 5) is 11.9. The highest BCUT2D eigenvalue weighted by molar-refractivity contribution is 9.10. The summed E-state index contributed by atoms with van der Waals surface area (Å²) >= 11 is 3.34. The zero-order valence-electron chi connectivity index (χ0n) is 9.16. The number of anilines is 2. The van der Waals surface area contributed by atoms with Gasteiger partial charge in [0.15, 0.2) is 5.76 Å². The summed E-state index contributed by atoms with van der Waals surface area (Å²) < 4.78 is 5.88. The van der Waals surface area contributed by atoms with Crippen molar-refractivity contribution in [2.24, 2.45) is 0 Å². The number of furan rings is 1. The fourth-order valence-corrected chi connectivity index (χ4v) is 1.77. The molecule has 0 spiro atoms. The predicted octanol–water partition coefficient (Wildman–Crippen LogP) is 3.19. The van der Waals surface area contributed by atoms with Crippen molar-refractivity contribution < 1.29 is 9.21 Å². The van der Waals surface area contributed by atoms with Crippen LogP contribution < -0.4 is 11.1 Å². The molecule has 2 aromatic rings. The number of nitrogen functional groups attached to an aromatic ring is 1. The maximum atomic E-state index is 11.9. The number of benzene rings is 1. The van der Waals surface area contributed by atoms with Gasteiger partial charge in [-0.25, -0.2) is 0 Å². The van der Waals surface area contributed by atoms with Gasteiger partial charge in [0.1, 0.15) is 0 Å². The standard InChI is InChI=1S/C12H11BrN2O2/c1-7-4-5-17-11(7)12(16)15-10-6-8(14)2-3-9(10)13/h2-6H,14H2,1H3,(H,15,16). The lowest BCUT2D eigenvalue weighted by Gasteiger charge is -2.07. The normalized spacial score (nSPS) is 10.2. The van der Waals surface area contributed by atoms with Crippen molar-refractivity contribution in [2.45, 2.75) is 6.92 Å². The van der Waals surface area contributed by atoms with Gasteiger partial charge in [-0.15, -0.1) is 0 Å². The van der Waals surface area contributed by atoms with E-state index in [1.165, 1.54) is 6.26 Å². The SMILES string of the molecule is Cc1ccoc1C(=O)Nc1cc(N)ccc1Br. The largest absolute Gasteiger partial charge is 0.459 e. The van der Waals surface area contributed by atoms with Gasteiger partial charge in [0, 0.05) is 15.7 Å². The summed E-state index contributed by atoms with van der Waals surface area (Å²) in [5.41, 5.74) is 7.65. The minimum Gasteiger partial charge on any atom is -0.459 e. The Kier molecular flexibility index (Phi) is 3.19. The van der Waals surface area contributed by atoms with Crippen LogP contribution in [0.1, 0.15) is 16.1 Å². The number of nitrogens with two attached hydrogens (primary N) is 1. The van der Waals surface area contributed by atoms with E-state index in [9.17, 15) is 4.79 Å². The van der Waals surface area contributed by atoms with Crippen LogP contribution in [-0.4, -0.2) is 5.91 Å². The molecule has 3 N–H and O–H groups in total.